The number of carbonyl (C=O) groups excluding carboxylic acids is 2. The van der Waals surface area contributed by atoms with Crippen molar-refractivity contribution in [1.29, 1.82) is 0 Å². The molecule has 3 rings (SSSR count). The number of amides is 2. The van der Waals surface area contributed by atoms with Crippen LogP contribution in [0.3, 0.4) is 0 Å². The predicted molar refractivity (Wildman–Crippen MR) is 95.2 cm³/mol. The van der Waals surface area contributed by atoms with Crippen molar-refractivity contribution in [3.8, 4) is 5.75 Å². The van der Waals surface area contributed by atoms with E-state index in [1.165, 1.54) is 0 Å². The summed E-state index contributed by atoms with van der Waals surface area (Å²) < 4.78 is 5.30. The quantitative estimate of drug-likeness (QED) is 0.815. The first-order chi connectivity index (χ1) is 12.2. The molecule has 2 bridgehead atoms. The van der Waals surface area contributed by atoms with Crippen LogP contribution in [0.1, 0.15) is 31.2 Å². The number of para-hydroxylation sites is 1. The van der Waals surface area contributed by atoms with Gasteiger partial charge < -0.3 is 15.4 Å². The second-order valence-electron chi connectivity index (χ2n) is 6.93. The van der Waals surface area contributed by atoms with Crippen molar-refractivity contribution in [1.82, 2.24) is 15.5 Å². The molecule has 2 saturated heterocycles. The van der Waals surface area contributed by atoms with Gasteiger partial charge in [-0.3, -0.25) is 14.5 Å². The van der Waals surface area contributed by atoms with Crippen LogP contribution in [-0.2, 0) is 16.1 Å². The number of hydrogen-bond donors (Lipinski definition) is 2. The molecule has 2 aliphatic heterocycles. The summed E-state index contributed by atoms with van der Waals surface area (Å²) in [7, 11) is 1.63. The molecule has 1 aromatic carbocycles. The Kier molecular flexibility index (Phi) is 5.91. The monoisotopic (exact) mass is 345 g/mol. The number of carbonyl (C=O) groups is 2. The highest BCUT2D eigenvalue weighted by Crippen LogP contribution is 2.22. The van der Waals surface area contributed by atoms with Crippen LogP contribution < -0.4 is 15.4 Å². The van der Waals surface area contributed by atoms with E-state index in [1.807, 2.05) is 24.3 Å². The molecule has 0 unspecified atom stereocenters. The molecule has 2 aliphatic rings. The maximum Gasteiger partial charge on any atom is 0.224 e. The molecule has 6 nitrogen and oxygen atoms in total. The van der Waals surface area contributed by atoms with Crippen molar-refractivity contribution in [3.63, 3.8) is 0 Å². The van der Waals surface area contributed by atoms with E-state index in [1.54, 1.807) is 7.11 Å². The Morgan fingerprint density at radius 3 is 3.00 bits per heavy atom. The normalized spacial score (nSPS) is 23.5. The van der Waals surface area contributed by atoms with E-state index < -0.39 is 0 Å². The minimum atomic E-state index is 0.0274. The molecule has 0 spiro atoms. The fourth-order valence-electron chi connectivity index (χ4n) is 3.72. The van der Waals surface area contributed by atoms with Gasteiger partial charge in [0.2, 0.25) is 11.8 Å². The summed E-state index contributed by atoms with van der Waals surface area (Å²) in [4.78, 5) is 26.5. The van der Waals surface area contributed by atoms with E-state index in [2.05, 4.69) is 15.5 Å². The molecule has 2 amide bonds. The molecule has 0 radical (unpaired) electrons. The third-order valence-corrected chi connectivity index (χ3v) is 5.10. The SMILES string of the molecule is COc1ccccc1CNC(=O)CCN1C[C@H]2CCC[C@@H](C1)C(=O)N2. The van der Waals surface area contributed by atoms with Crippen LogP contribution in [0.2, 0.25) is 0 Å². The number of hydrogen-bond acceptors (Lipinski definition) is 4. The fraction of sp³-hybridized carbons (Fsp3) is 0.579. The summed E-state index contributed by atoms with van der Waals surface area (Å²) in [6.07, 6.45) is 3.56. The van der Waals surface area contributed by atoms with E-state index in [0.29, 0.717) is 19.5 Å². The standard InChI is InChI=1S/C19H27N3O3/c1-25-17-8-3-2-5-14(17)11-20-18(23)9-10-22-12-15-6-4-7-16(13-22)21-19(15)24/h2-3,5,8,15-16H,4,6-7,9-13H2,1H3,(H,20,23)(H,21,24)/t15-,16+/m0/s1. The molecule has 2 heterocycles. The summed E-state index contributed by atoms with van der Waals surface area (Å²) >= 11 is 0. The zero-order valence-electron chi connectivity index (χ0n) is 14.8. The van der Waals surface area contributed by atoms with Gasteiger partial charge >= 0.3 is 0 Å². The summed E-state index contributed by atoms with van der Waals surface area (Å²) in [6, 6.07) is 7.92. The van der Waals surface area contributed by atoms with Crippen molar-refractivity contribution < 1.29 is 14.3 Å². The predicted octanol–water partition coefficient (Wildman–Crippen LogP) is 1.30. The van der Waals surface area contributed by atoms with E-state index in [0.717, 1.165) is 43.7 Å². The summed E-state index contributed by atoms with van der Waals surface area (Å²) in [6.45, 7) is 2.78. The lowest BCUT2D eigenvalue weighted by atomic mass is 9.99. The van der Waals surface area contributed by atoms with Gasteiger partial charge in [-0.15, -0.1) is 0 Å². The molecular formula is C19H27N3O3. The lowest BCUT2D eigenvalue weighted by molar-refractivity contribution is -0.124. The number of ether oxygens (including phenoxy) is 1. The minimum Gasteiger partial charge on any atom is -0.496 e. The van der Waals surface area contributed by atoms with Gasteiger partial charge in [-0.1, -0.05) is 24.6 Å². The van der Waals surface area contributed by atoms with Crippen molar-refractivity contribution >= 4 is 11.8 Å². The average molecular weight is 345 g/mol. The molecule has 2 atom stereocenters. The van der Waals surface area contributed by atoms with Gasteiger partial charge in [-0.25, -0.2) is 0 Å². The molecule has 136 valence electrons. The molecule has 6 heteroatoms. The molecule has 0 aromatic heterocycles. The molecule has 25 heavy (non-hydrogen) atoms. The molecule has 2 N–H and O–H groups in total. The molecule has 0 saturated carbocycles. The van der Waals surface area contributed by atoms with Gasteiger partial charge in [0.25, 0.3) is 0 Å². The van der Waals surface area contributed by atoms with Gasteiger partial charge in [0, 0.05) is 44.2 Å². The van der Waals surface area contributed by atoms with E-state index in [9.17, 15) is 9.59 Å². The number of benzene rings is 1. The van der Waals surface area contributed by atoms with Gasteiger partial charge in [0.05, 0.1) is 13.0 Å². The summed E-state index contributed by atoms with van der Waals surface area (Å²) in [5.74, 6) is 1.07. The van der Waals surface area contributed by atoms with Crippen LogP contribution in [-0.4, -0.2) is 49.5 Å². The Morgan fingerprint density at radius 1 is 1.32 bits per heavy atom. The zero-order chi connectivity index (χ0) is 17.6. The van der Waals surface area contributed by atoms with Crippen molar-refractivity contribution in [2.24, 2.45) is 5.92 Å². The number of fused-ring (bicyclic) bond motifs is 3. The van der Waals surface area contributed by atoms with Crippen LogP contribution >= 0.6 is 0 Å². The zero-order valence-corrected chi connectivity index (χ0v) is 14.8. The summed E-state index contributed by atoms with van der Waals surface area (Å²) in [5, 5.41) is 6.08. The largest absolute Gasteiger partial charge is 0.496 e. The first-order valence-corrected chi connectivity index (χ1v) is 9.07. The van der Waals surface area contributed by atoms with Gasteiger partial charge in [-0.05, 0) is 18.9 Å². The first kappa shape index (κ1) is 17.7. The topological polar surface area (TPSA) is 70.7 Å². The lowest BCUT2D eigenvalue weighted by Gasteiger charge is -2.27. The average Bonchev–Trinajstić information content (AvgIpc) is 2.86. The number of nitrogens with one attached hydrogen (secondary N) is 2. The van der Waals surface area contributed by atoms with Crippen molar-refractivity contribution in [2.45, 2.75) is 38.3 Å². The number of rotatable bonds is 6. The highest BCUT2D eigenvalue weighted by atomic mass is 16.5. The third kappa shape index (κ3) is 4.72. The van der Waals surface area contributed by atoms with Crippen LogP contribution in [0.4, 0.5) is 0 Å². The Balaban J connectivity index is 1.47. The second-order valence-corrected chi connectivity index (χ2v) is 6.93. The maximum absolute atomic E-state index is 12.2. The summed E-state index contributed by atoms with van der Waals surface area (Å²) in [5.41, 5.74) is 0.970. The van der Waals surface area contributed by atoms with Gasteiger partial charge in [0.15, 0.2) is 0 Å². The molecule has 1 aromatic rings. The van der Waals surface area contributed by atoms with E-state index in [-0.39, 0.29) is 23.8 Å². The van der Waals surface area contributed by atoms with Crippen molar-refractivity contribution in [2.75, 3.05) is 26.7 Å². The Hall–Kier alpha value is -2.08. The van der Waals surface area contributed by atoms with Crippen LogP contribution in [0.5, 0.6) is 5.75 Å². The lowest BCUT2D eigenvalue weighted by Crippen LogP contribution is -2.40. The van der Waals surface area contributed by atoms with E-state index in [4.69, 9.17) is 4.74 Å². The minimum absolute atomic E-state index is 0.0274. The first-order valence-electron chi connectivity index (χ1n) is 9.07. The number of likely N-dealkylation sites (tertiary alicyclic amines) is 1. The Labute approximate surface area is 148 Å². The van der Waals surface area contributed by atoms with Crippen LogP contribution in [0.25, 0.3) is 0 Å². The van der Waals surface area contributed by atoms with Gasteiger partial charge in [-0.2, -0.15) is 0 Å². The third-order valence-electron chi connectivity index (χ3n) is 5.10. The number of nitrogens with zero attached hydrogens (tertiary/aromatic N) is 1. The second kappa shape index (κ2) is 8.34. The fourth-order valence-corrected chi connectivity index (χ4v) is 3.72. The Morgan fingerprint density at radius 2 is 2.16 bits per heavy atom. The molecule has 2 fully saturated rings. The smallest absolute Gasteiger partial charge is 0.224 e. The molecular weight excluding hydrogens is 318 g/mol. The van der Waals surface area contributed by atoms with Gasteiger partial charge in [0.1, 0.15) is 5.75 Å². The van der Waals surface area contributed by atoms with Crippen LogP contribution in [0, 0.1) is 5.92 Å². The highest BCUT2D eigenvalue weighted by Gasteiger charge is 2.32. The van der Waals surface area contributed by atoms with E-state index >= 15 is 0 Å². The molecule has 0 aliphatic carbocycles. The number of methoxy groups -OCH3 is 1. The highest BCUT2D eigenvalue weighted by molar-refractivity contribution is 5.80. The van der Waals surface area contributed by atoms with Crippen molar-refractivity contribution in [3.05, 3.63) is 29.8 Å². The Bertz CT molecular complexity index is 620. The van der Waals surface area contributed by atoms with Crippen LogP contribution in [0.15, 0.2) is 24.3 Å². The maximum atomic E-state index is 12.2.